The van der Waals surface area contributed by atoms with Gasteiger partial charge in [-0.1, -0.05) is 49.7 Å². The summed E-state index contributed by atoms with van der Waals surface area (Å²) in [7, 11) is 0. The molecule has 0 atom stereocenters. The number of rotatable bonds is 4. The summed E-state index contributed by atoms with van der Waals surface area (Å²) >= 11 is 0. The third kappa shape index (κ3) is 4.98. The molecule has 2 amide bonds. The normalized spacial score (nSPS) is 15.6. The number of anilines is 1. The molecule has 33 heavy (non-hydrogen) atoms. The van der Waals surface area contributed by atoms with Gasteiger partial charge in [-0.25, -0.2) is 0 Å². The van der Waals surface area contributed by atoms with Crippen molar-refractivity contribution in [3.8, 4) is 0 Å². The zero-order valence-corrected chi connectivity index (χ0v) is 19.3. The Hall–Kier alpha value is -3.87. The van der Waals surface area contributed by atoms with E-state index in [9.17, 15) is 9.59 Å². The lowest BCUT2D eigenvalue weighted by Gasteiger charge is -2.29. The largest absolute Gasteiger partial charge is 0.455 e. The summed E-state index contributed by atoms with van der Waals surface area (Å²) in [5.74, 6) is 0.00462. The Bertz CT molecular complexity index is 1210. The van der Waals surface area contributed by atoms with Crippen LogP contribution in [0.25, 0.3) is 0 Å². The fourth-order valence-electron chi connectivity index (χ4n) is 4.02. The summed E-state index contributed by atoms with van der Waals surface area (Å²) in [6.45, 7) is 8.08. The Morgan fingerprint density at radius 2 is 1.58 bits per heavy atom. The topological polar surface area (TPSA) is 95.7 Å². The molecule has 0 saturated heterocycles. The van der Waals surface area contributed by atoms with Crippen LogP contribution in [0.2, 0.25) is 0 Å². The van der Waals surface area contributed by atoms with E-state index in [1.165, 1.54) is 0 Å². The number of fused-ring (bicyclic) bond motifs is 1. The molecule has 0 bridgehead atoms. The van der Waals surface area contributed by atoms with Crippen LogP contribution in [-0.2, 0) is 6.42 Å². The number of hydrogen-bond acceptors (Lipinski definition) is 5. The van der Waals surface area contributed by atoms with E-state index in [-0.39, 0.29) is 11.2 Å². The van der Waals surface area contributed by atoms with Crippen molar-refractivity contribution in [2.45, 2.75) is 40.5 Å². The van der Waals surface area contributed by atoms with Crippen LogP contribution >= 0.6 is 0 Å². The molecule has 1 aliphatic carbocycles. The molecular formula is C26H28N4O3. The number of carbonyl (C=O) groups excluding carboxylic acids is 2. The lowest BCUT2D eigenvalue weighted by molar-refractivity contribution is 0.0828. The van der Waals surface area contributed by atoms with Crippen molar-refractivity contribution in [2.75, 3.05) is 5.43 Å². The average molecular weight is 445 g/mol. The van der Waals surface area contributed by atoms with E-state index < -0.39 is 11.8 Å². The monoisotopic (exact) mass is 444 g/mol. The molecule has 4 rings (SSSR count). The van der Waals surface area contributed by atoms with Gasteiger partial charge in [0.2, 0.25) is 0 Å². The zero-order chi connectivity index (χ0) is 23.6. The molecule has 0 saturated carbocycles. The highest BCUT2D eigenvalue weighted by Crippen LogP contribution is 2.39. The van der Waals surface area contributed by atoms with Crippen LogP contribution in [-0.4, -0.2) is 17.5 Å². The van der Waals surface area contributed by atoms with Crippen LogP contribution in [0.15, 0.2) is 64.1 Å². The van der Waals surface area contributed by atoms with Gasteiger partial charge in [0, 0.05) is 23.1 Å². The third-order valence-electron chi connectivity index (χ3n) is 5.70. The van der Waals surface area contributed by atoms with Crippen LogP contribution in [0.3, 0.4) is 0 Å². The molecule has 0 fully saturated rings. The van der Waals surface area contributed by atoms with Gasteiger partial charge in [0.1, 0.15) is 5.76 Å². The molecule has 170 valence electrons. The third-order valence-corrected chi connectivity index (χ3v) is 5.70. The van der Waals surface area contributed by atoms with Gasteiger partial charge in [-0.05, 0) is 49.9 Å². The minimum atomic E-state index is -0.504. The molecule has 1 aliphatic rings. The second-order valence-corrected chi connectivity index (χ2v) is 9.18. The number of hydrazine groups is 1. The van der Waals surface area contributed by atoms with Crippen LogP contribution < -0.4 is 16.3 Å². The number of nitrogens with zero attached hydrogens (tertiary/aromatic N) is 1. The highest BCUT2D eigenvalue weighted by atomic mass is 16.4. The van der Waals surface area contributed by atoms with Gasteiger partial charge >= 0.3 is 5.91 Å². The summed E-state index contributed by atoms with van der Waals surface area (Å²) in [6, 6.07) is 16.8. The number of aryl methyl sites for hydroxylation is 1. The first-order valence-corrected chi connectivity index (χ1v) is 10.9. The van der Waals surface area contributed by atoms with Crippen LogP contribution in [0.4, 0.5) is 5.69 Å². The van der Waals surface area contributed by atoms with E-state index in [1.54, 1.807) is 12.1 Å². The minimum Gasteiger partial charge on any atom is -0.455 e. The maximum absolute atomic E-state index is 12.8. The van der Waals surface area contributed by atoms with Crippen molar-refractivity contribution >= 4 is 23.2 Å². The first kappa shape index (κ1) is 22.3. The summed E-state index contributed by atoms with van der Waals surface area (Å²) < 4.78 is 6.00. The fraction of sp³-hybridized carbons (Fsp3) is 0.269. The number of hydrazone groups is 1. The second-order valence-electron chi connectivity index (χ2n) is 9.18. The maximum Gasteiger partial charge on any atom is 0.305 e. The molecule has 3 N–H and O–H groups in total. The van der Waals surface area contributed by atoms with Crippen molar-refractivity contribution < 1.29 is 14.0 Å². The number of hydrogen-bond donors (Lipinski definition) is 3. The molecule has 0 unspecified atom stereocenters. The predicted octanol–water partition coefficient (Wildman–Crippen LogP) is 4.76. The number of para-hydroxylation sites is 1. The number of amides is 2. The number of benzene rings is 2. The van der Waals surface area contributed by atoms with Crippen molar-refractivity contribution in [3.63, 3.8) is 0 Å². The highest BCUT2D eigenvalue weighted by Gasteiger charge is 2.36. The molecule has 0 radical (unpaired) electrons. The van der Waals surface area contributed by atoms with Gasteiger partial charge < -0.3 is 4.42 Å². The fourth-order valence-corrected chi connectivity index (χ4v) is 4.02. The quantitative estimate of drug-likeness (QED) is 0.506. The van der Waals surface area contributed by atoms with Crippen LogP contribution in [0.1, 0.15) is 63.6 Å². The van der Waals surface area contributed by atoms with Crippen LogP contribution in [0, 0.1) is 19.3 Å². The lowest BCUT2D eigenvalue weighted by atomic mass is 9.75. The number of nitrogens with one attached hydrogen (secondary N) is 3. The second kappa shape index (κ2) is 8.94. The summed E-state index contributed by atoms with van der Waals surface area (Å²) in [4.78, 5) is 25.2. The molecule has 3 aromatic rings. The Morgan fingerprint density at radius 3 is 2.27 bits per heavy atom. The van der Waals surface area contributed by atoms with E-state index in [0.29, 0.717) is 17.5 Å². The average Bonchev–Trinajstić information content (AvgIpc) is 3.11. The van der Waals surface area contributed by atoms with Gasteiger partial charge in [-0.3, -0.25) is 25.9 Å². The summed E-state index contributed by atoms with van der Waals surface area (Å²) in [5, 5.41) is 4.65. The van der Waals surface area contributed by atoms with E-state index in [4.69, 9.17) is 4.42 Å². The van der Waals surface area contributed by atoms with E-state index in [0.717, 1.165) is 34.7 Å². The molecule has 7 heteroatoms. The number of carbonyl (C=O) groups is 2. The van der Waals surface area contributed by atoms with Gasteiger partial charge in [-0.2, -0.15) is 5.10 Å². The minimum absolute atomic E-state index is 0.0676. The number of furan rings is 1. The zero-order valence-electron chi connectivity index (χ0n) is 19.3. The first-order chi connectivity index (χ1) is 15.7. The lowest BCUT2D eigenvalue weighted by Crippen LogP contribution is -2.41. The molecule has 2 aromatic carbocycles. The molecule has 7 nitrogen and oxygen atoms in total. The predicted molar refractivity (Wildman–Crippen MR) is 128 cm³/mol. The molecule has 0 aliphatic heterocycles. The van der Waals surface area contributed by atoms with E-state index in [1.807, 2.05) is 56.3 Å². The standard InChI is InChI=1S/C26H28N4O3/c1-16-10-12-18(13-11-16)24(31)29-30-25(32)23-17(2)22-20(14-26(3,4)15-21(22)33-23)28-27-19-8-6-5-7-9-19/h5-13,27H,14-15H2,1-4H3,(H,29,31)(H,30,32)/b28-20-. The van der Waals surface area contributed by atoms with Crippen molar-refractivity contribution in [2.24, 2.45) is 10.5 Å². The highest BCUT2D eigenvalue weighted by molar-refractivity contribution is 6.07. The molecule has 1 aromatic heterocycles. The Kier molecular flexibility index (Phi) is 6.05. The Morgan fingerprint density at radius 1 is 0.909 bits per heavy atom. The van der Waals surface area contributed by atoms with Gasteiger partial charge in [-0.15, -0.1) is 0 Å². The maximum atomic E-state index is 12.8. The van der Waals surface area contributed by atoms with Crippen molar-refractivity contribution in [1.82, 2.24) is 10.9 Å². The molecular weight excluding hydrogens is 416 g/mol. The van der Waals surface area contributed by atoms with Crippen molar-refractivity contribution in [3.05, 3.63) is 88.4 Å². The first-order valence-electron chi connectivity index (χ1n) is 10.9. The summed E-state index contributed by atoms with van der Waals surface area (Å²) in [6.07, 6.45) is 1.43. The molecule has 1 heterocycles. The van der Waals surface area contributed by atoms with E-state index in [2.05, 4.69) is 35.2 Å². The summed E-state index contributed by atoms with van der Waals surface area (Å²) in [5.41, 5.74) is 12.8. The van der Waals surface area contributed by atoms with E-state index >= 15 is 0 Å². The Balaban J connectivity index is 1.55. The van der Waals surface area contributed by atoms with Crippen LogP contribution in [0.5, 0.6) is 0 Å². The van der Waals surface area contributed by atoms with Gasteiger partial charge in [0.15, 0.2) is 5.76 Å². The SMILES string of the molecule is Cc1ccc(C(=O)NNC(=O)c2oc3c(c2C)/C(=N\Nc2ccccc2)CC(C)(C)C3)cc1. The van der Waals surface area contributed by atoms with Gasteiger partial charge in [0.25, 0.3) is 5.91 Å². The smallest absolute Gasteiger partial charge is 0.305 e. The van der Waals surface area contributed by atoms with Crippen molar-refractivity contribution in [1.29, 1.82) is 0 Å². The molecule has 0 spiro atoms. The Labute approximate surface area is 193 Å². The van der Waals surface area contributed by atoms with Gasteiger partial charge in [0.05, 0.1) is 11.4 Å².